The lowest BCUT2D eigenvalue weighted by Gasteiger charge is -2.12. The maximum atomic E-state index is 12.9. The molecule has 2 aromatic carbocycles. The van der Waals surface area contributed by atoms with Gasteiger partial charge < -0.3 is 9.47 Å². The van der Waals surface area contributed by atoms with Crippen molar-refractivity contribution in [2.24, 2.45) is 5.92 Å². The molecule has 0 aliphatic heterocycles. The Morgan fingerprint density at radius 3 is 1.49 bits per heavy atom. The van der Waals surface area contributed by atoms with Gasteiger partial charge in [-0.05, 0) is 73.9 Å². The molecule has 0 N–H and O–H groups in total. The van der Waals surface area contributed by atoms with Crippen LogP contribution in [0.4, 0.5) is 0 Å². The van der Waals surface area contributed by atoms with Gasteiger partial charge in [0.05, 0.1) is 5.92 Å². The Morgan fingerprint density at radius 1 is 0.545 bits per heavy atom. The van der Waals surface area contributed by atoms with Crippen LogP contribution in [0.5, 0.6) is 11.5 Å². The highest BCUT2D eigenvalue weighted by atomic mass is 16.5. The normalized spacial score (nSPS) is 11.7. The smallest absolute Gasteiger partial charge is 0.314 e. The second-order valence-corrected chi connectivity index (χ2v) is 15.0. The fourth-order valence-corrected chi connectivity index (χ4v) is 6.65. The molecule has 0 saturated heterocycles. The summed E-state index contributed by atoms with van der Waals surface area (Å²) < 4.78 is 11.4. The van der Waals surface area contributed by atoms with E-state index in [1.807, 2.05) is 68.1 Å². The molecule has 4 aromatic rings. The number of aromatic nitrogens is 4. The first-order valence-electron chi connectivity index (χ1n) is 21.2. The number of esters is 2. The monoisotopic (exact) mass is 748 g/mol. The van der Waals surface area contributed by atoms with E-state index in [-0.39, 0.29) is 17.9 Å². The van der Waals surface area contributed by atoms with Crippen LogP contribution in [0, 0.1) is 5.92 Å². The number of nitrogens with zero attached hydrogens (tertiary/aromatic N) is 4. The van der Waals surface area contributed by atoms with E-state index < -0.39 is 0 Å². The standard InChI is InChI=1S/C47H64N4O4/c1-4-6-8-10-14-18-24-38-33-48-45(49-34-38)40-26-21-28-42(31-40)54-44(52)30-20-16-12-13-17-23-37(3)47(53)55-43-29-22-27-41(32-43)46-50-35-39(36-51-46)25-19-15-11-9-7-5-2/h21-22,26-29,31-37H,4-20,23-25,30H2,1-3H3/t37-/m0/s1. The van der Waals surface area contributed by atoms with Gasteiger partial charge in [-0.15, -0.1) is 0 Å². The summed E-state index contributed by atoms with van der Waals surface area (Å²) in [5.41, 5.74) is 3.97. The number of rotatable bonds is 27. The van der Waals surface area contributed by atoms with Crippen molar-refractivity contribution in [1.29, 1.82) is 0 Å². The first-order chi connectivity index (χ1) is 26.9. The Morgan fingerprint density at radius 2 is 0.982 bits per heavy atom. The molecule has 8 nitrogen and oxygen atoms in total. The van der Waals surface area contributed by atoms with Crippen molar-refractivity contribution in [2.45, 2.75) is 156 Å². The zero-order valence-electron chi connectivity index (χ0n) is 33.8. The highest BCUT2D eigenvalue weighted by molar-refractivity contribution is 5.75. The Bertz CT molecular complexity index is 1680. The van der Waals surface area contributed by atoms with Crippen LogP contribution in [0.15, 0.2) is 73.3 Å². The van der Waals surface area contributed by atoms with Crippen molar-refractivity contribution in [1.82, 2.24) is 19.9 Å². The van der Waals surface area contributed by atoms with E-state index in [1.165, 1.54) is 64.2 Å². The minimum Gasteiger partial charge on any atom is -0.427 e. The molecule has 0 saturated carbocycles. The Kier molecular flexibility index (Phi) is 20.1. The molecule has 1 atom stereocenters. The van der Waals surface area contributed by atoms with Crippen molar-refractivity contribution in [3.63, 3.8) is 0 Å². The number of aryl methyl sites for hydroxylation is 2. The molecule has 0 unspecified atom stereocenters. The van der Waals surface area contributed by atoms with Crippen molar-refractivity contribution < 1.29 is 19.1 Å². The van der Waals surface area contributed by atoms with Crippen molar-refractivity contribution in [3.05, 3.63) is 84.4 Å². The fourth-order valence-electron chi connectivity index (χ4n) is 6.65. The third-order valence-electron chi connectivity index (χ3n) is 10.1. The van der Waals surface area contributed by atoms with E-state index >= 15 is 0 Å². The highest BCUT2D eigenvalue weighted by Gasteiger charge is 2.16. The van der Waals surface area contributed by atoms with E-state index in [2.05, 4.69) is 33.8 Å². The molecule has 0 fully saturated rings. The predicted molar refractivity (Wildman–Crippen MR) is 222 cm³/mol. The highest BCUT2D eigenvalue weighted by Crippen LogP contribution is 2.24. The first kappa shape index (κ1) is 43.3. The van der Waals surface area contributed by atoms with Crippen LogP contribution in [-0.2, 0) is 22.4 Å². The van der Waals surface area contributed by atoms with Gasteiger partial charge in [0, 0.05) is 42.3 Å². The van der Waals surface area contributed by atoms with E-state index in [4.69, 9.17) is 9.47 Å². The topological polar surface area (TPSA) is 104 Å². The van der Waals surface area contributed by atoms with Crippen LogP contribution in [0.1, 0.15) is 154 Å². The Hall–Kier alpha value is -4.46. The number of ether oxygens (including phenoxy) is 2. The van der Waals surface area contributed by atoms with Crippen LogP contribution in [-0.4, -0.2) is 31.9 Å². The predicted octanol–water partition coefficient (Wildman–Crippen LogP) is 12.3. The molecule has 0 aliphatic carbocycles. The molecule has 0 aliphatic rings. The number of hydrogen-bond donors (Lipinski definition) is 0. The summed E-state index contributed by atoms with van der Waals surface area (Å²) >= 11 is 0. The van der Waals surface area contributed by atoms with Gasteiger partial charge in [0.1, 0.15) is 11.5 Å². The van der Waals surface area contributed by atoms with Crippen LogP contribution < -0.4 is 9.47 Å². The average Bonchev–Trinajstić information content (AvgIpc) is 3.20. The molecule has 55 heavy (non-hydrogen) atoms. The first-order valence-corrected chi connectivity index (χ1v) is 21.2. The molecule has 2 aromatic heterocycles. The Labute approximate surface area is 330 Å². The summed E-state index contributed by atoms with van der Waals surface area (Å²) in [4.78, 5) is 43.7. The fraction of sp³-hybridized carbons (Fsp3) is 0.532. The van der Waals surface area contributed by atoms with E-state index in [9.17, 15) is 9.59 Å². The summed E-state index contributed by atoms with van der Waals surface area (Å²) in [5.74, 6) is 1.60. The summed E-state index contributed by atoms with van der Waals surface area (Å²) in [7, 11) is 0. The van der Waals surface area contributed by atoms with Crippen molar-refractivity contribution >= 4 is 11.9 Å². The second-order valence-electron chi connectivity index (χ2n) is 15.0. The molecule has 0 bridgehead atoms. The molecule has 4 rings (SSSR count). The summed E-state index contributed by atoms with van der Waals surface area (Å²) in [5, 5.41) is 0. The van der Waals surface area contributed by atoms with Gasteiger partial charge >= 0.3 is 11.9 Å². The maximum absolute atomic E-state index is 12.9. The second kappa shape index (κ2) is 25.6. The molecular formula is C47H64N4O4. The number of unbranched alkanes of at least 4 members (excludes halogenated alkanes) is 14. The summed E-state index contributed by atoms with van der Waals surface area (Å²) in [6, 6.07) is 14.9. The lowest BCUT2D eigenvalue weighted by Crippen LogP contribution is -2.17. The number of carbonyl (C=O) groups excluding carboxylic acids is 2. The van der Waals surface area contributed by atoms with Crippen molar-refractivity contribution in [2.75, 3.05) is 0 Å². The van der Waals surface area contributed by atoms with Crippen LogP contribution >= 0.6 is 0 Å². The lowest BCUT2D eigenvalue weighted by molar-refractivity contribution is -0.138. The molecule has 0 amide bonds. The quantitative estimate of drug-likeness (QED) is 0.0337. The molecule has 8 heteroatoms. The summed E-state index contributed by atoms with van der Waals surface area (Å²) in [6.07, 6.45) is 30.6. The number of benzene rings is 2. The molecule has 296 valence electrons. The van der Waals surface area contributed by atoms with E-state index in [1.54, 1.807) is 12.1 Å². The third kappa shape index (κ3) is 16.8. The largest absolute Gasteiger partial charge is 0.427 e. The number of hydrogen-bond acceptors (Lipinski definition) is 8. The van der Waals surface area contributed by atoms with Gasteiger partial charge in [0.15, 0.2) is 11.6 Å². The van der Waals surface area contributed by atoms with Gasteiger partial charge in [0.25, 0.3) is 0 Å². The SMILES string of the molecule is CCCCCCCCc1cnc(-c2cccc(OC(=O)CCCCCCC[C@H](C)C(=O)Oc3cccc(-c4ncc(CCCCCCCC)cn4)c3)c2)nc1. The third-order valence-corrected chi connectivity index (χ3v) is 10.1. The maximum Gasteiger partial charge on any atom is 0.314 e. The van der Waals surface area contributed by atoms with Crippen LogP contribution in [0.3, 0.4) is 0 Å². The molecular weight excluding hydrogens is 685 g/mol. The zero-order valence-corrected chi connectivity index (χ0v) is 33.8. The Balaban J connectivity index is 1.07. The molecule has 0 radical (unpaired) electrons. The zero-order chi connectivity index (χ0) is 38.9. The van der Waals surface area contributed by atoms with Gasteiger partial charge in [-0.3, -0.25) is 9.59 Å². The lowest BCUT2D eigenvalue weighted by atomic mass is 10.0. The minimum absolute atomic E-state index is 0.208. The van der Waals surface area contributed by atoms with Gasteiger partial charge in [-0.1, -0.05) is 135 Å². The van der Waals surface area contributed by atoms with E-state index in [0.717, 1.165) is 86.5 Å². The van der Waals surface area contributed by atoms with Gasteiger partial charge in [-0.2, -0.15) is 0 Å². The minimum atomic E-state index is -0.236. The molecule has 0 spiro atoms. The van der Waals surface area contributed by atoms with Gasteiger partial charge in [-0.25, -0.2) is 19.9 Å². The van der Waals surface area contributed by atoms with Crippen molar-refractivity contribution in [3.8, 4) is 34.3 Å². The molecule has 2 heterocycles. The van der Waals surface area contributed by atoms with Crippen LogP contribution in [0.25, 0.3) is 22.8 Å². The summed E-state index contributed by atoms with van der Waals surface area (Å²) in [6.45, 7) is 6.40. The number of carbonyl (C=O) groups is 2. The van der Waals surface area contributed by atoms with Gasteiger partial charge in [0.2, 0.25) is 0 Å². The van der Waals surface area contributed by atoms with E-state index in [0.29, 0.717) is 29.6 Å². The van der Waals surface area contributed by atoms with Crippen LogP contribution in [0.2, 0.25) is 0 Å². The average molecular weight is 749 g/mol.